The molecule has 0 amide bonds. The van der Waals surface area contributed by atoms with Gasteiger partial charge < -0.3 is 5.11 Å². The van der Waals surface area contributed by atoms with Crippen molar-refractivity contribution in [1.29, 1.82) is 0 Å². The Hall–Kier alpha value is -1.42. The number of nitrogens with zero attached hydrogens (tertiary/aromatic N) is 2. The van der Waals surface area contributed by atoms with E-state index in [0.717, 1.165) is 6.07 Å². The van der Waals surface area contributed by atoms with Crippen LogP contribution < -0.4 is 4.72 Å². The highest BCUT2D eigenvalue weighted by molar-refractivity contribution is 9.10. The molecule has 21 heavy (non-hydrogen) atoms. The fourth-order valence-electron chi connectivity index (χ4n) is 1.60. The molecule has 0 bridgehead atoms. The summed E-state index contributed by atoms with van der Waals surface area (Å²) in [6.07, 6.45) is 2.76. The highest BCUT2D eigenvalue weighted by Gasteiger charge is 2.22. The molecule has 1 heterocycles. The Morgan fingerprint density at radius 3 is 2.76 bits per heavy atom. The Morgan fingerprint density at radius 2 is 2.14 bits per heavy atom. The quantitative estimate of drug-likeness (QED) is 0.822. The second-order valence-electron chi connectivity index (χ2n) is 4.06. The van der Waals surface area contributed by atoms with Crippen molar-refractivity contribution in [2.45, 2.75) is 18.0 Å². The van der Waals surface area contributed by atoms with Crippen molar-refractivity contribution in [3.8, 4) is 0 Å². The van der Waals surface area contributed by atoms with Gasteiger partial charge in [-0.2, -0.15) is 0 Å². The van der Waals surface area contributed by atoms with Gasteiger partial charge in [0.05, 0.1) is 18.8 Å². The molecule has 0 aliphatic heterocycles. The van der Waals surface area contributed by atoms with Gasteiger partial charge in [0.25, 0.3) is 0 Å². The van der Waals surface area contributed by atoms with E-state index in [9.17, 15) is 12.8 Å². The molecule has 1 aromatic heterocycles. The predicted molar refractivity (Wildman–Crippen MR) is 76.1 cm³/mol. The summed E-state index contributed by atoms with van der Waals surface area (Å²) in [5, 5.41) is 9.05. The standard InChI is InChI=1S/C12H11BrFN3O3S/c13-9-3-8(6-18)12(14)11(4-9)21(19,20)17-5-10-1-2-15-7-16-10/h1-4,7,17-18H,5-6H2. The molecule has 0 aliphatic carbocycles. The van der Waals surface area contributed by atoms with Crippen LogP contribution in [0.15, 0.2) is 40.1 Å². The fraction of sp³-hybridized carbons (Fsp3) is 0.167. The molecule has 112 valence electrons. The number of hydrogen-bond acceptors (Lipinski definition) is 5. The Labute approximate surface area is 129 Å². The molecule has 0 saturated heterocycles. The maximum atomic E-state index is 14.0. The van der Waals surface area contributed by atoms with Gasteiger partial charge in [-0.1, -0.05) is 15.9 Å². The molecular formula is C12H11BrFN3O3S. The molecule has 2 rings (SSSR count). The molecule has 2 N–H and O–H groups in total. The van der Waals surface area contributed by atoms with Crippen molar-refractivity contribution < 1.29 is 17.9 Å². The first-order chi connectivity index (χ1) is 9.94. The number of benzene rings is 1. The van der Waals surface area contributed by atoms with E-state index in [4.69, 9.17) is 5.11 Å². The summed E-state index contributed by atoms with van der Waals surface area (Å²) in [4.78, 5) is 7.05. The third kappa shape index (κ3) is 3.82. The number of aromatic nitrogens is 2. The van der Waals surface area contributed by atoms with Crippen molar-refractivity contribution >= 4 is 26.0 Å². The lowest BCUT2D eigenvalue weighted by molar-refractivity contribution is 0.274. The van der Waals surface area contributed by atoms with Crippen molar-refractivity contribution in [3.05, 3.63) is 52.3 Å². The highest BCUT2D eigenvalue weighted by atomic mass is 79.9. The minimum atomic E-state index is -4.07. The summed E-state index contributed by atoms with van der Waals surface area (Å²) in [5.41, 5.74) is 0.346. The zero-order chi connectivity index (χ0) is 15.5. The molecule has 0 spiro atoms. The molecule has 0 unspecified atom stereocenters. The zero-order valence-corrected chi connectivity index (χ0v) is 13.0. The minimum Gasteiger partial charge on any atom is -0.392 e. The Balaban J connectivity index is 2.30. The molecule has 0 atom stereocenters. The highest BCUT2D eigenvalue weighted by Crippen LogP contribution is 2.24. The van der Waals surface area contributed by atoms with E-state index in [1.807, 2.05) is 0 Å². The predicted octanol–water partition coefficient (Wildman–Crippen LogP) is 1.35. The Kier molecular flexibility index (Phi) is 4.99. The molecule has 0 aliphatic rings. The third-order valence-corrected chi connectivity index (χ3v) is 4.48. The van der Waals surface area contributed by atoms with Gasteiger partial charge >= 0.3 is 0 Å². The van der Waals surface area contributed by atoms with Crippen LogP contribution in [0.25, 0.3) is 0 Å². The van der Waals surface area contributed by atoms with Crippen molar-refractivity contribution in [2.24, 2.45) is 0 Å². The first kappa shape index (κ1) is 16.0. The van der Waals surface area contributed by atoms with Gasteiger partial charge in [-0.05, 0) is 18.2 Å². The van der Waals surface area contributed by atoms with Crippen LogP contribution in [0, 0.1) is 5.82 Å². The topological polar surface area (TPSA) is 92.2 Å². The van der Waals surface area contributed by atoms with Crippen molar-refractivity contribution in [1.82, 2.24) is 14.7 Å². The molecule has 0 saturated carbocycles. The van der Waals surface area contributed by atoms with Gasteiger partial charge in [-0.3, -0.25) is 0 Å². The average molecular weight is 376 g/mol. The maximum Gasteiger partial charge on any atom is 0.243 e. The number of sulfonamides is 1. The second-order valence-corrected chi connectivity index (χ2v) is 6.71. The summed E-state index contributed by atoms with van der Waals surface area (Å²) >= 11 is 3.09. The average Bonchev–Trinajstić information content (AvgIpc) is 2.48. The number of aliphatic hydroxyl groups excluding tert-OH is 1. The van der Waals surface area contributed by atoms with Crippen LogP contribution in [-0.4, -0.2) is 23.5 Å². The smallest absolute Gasteiger partial charge is 0.243 e. The maximum absolute atomic E-state index is 14.0. The monoisotopic (exact) mass is 375 g/mol. The molecule has 2 aromatic rings. The van der Waals surface area contributed by atoms with Gasteiger partial charge in [-0.15, -0.1) is 0 Å². The van der Waals surface area contributed by atoms with Crippen LogP contribution in [0.5, 0.6) is 0 Å². The summed E-state index contributed by atoms with van der Waals surface area (Å²) in [5.74, 6) is -0.976. The zero-order valence-electron chi connectivity index (χ0n) is 10.6. The molecular weight excluding hydrogens is 365 g/mol. The van der Waals surface area contributed by atoms with Gasteiger partial charge in [0.15, 0.2) is 0 Å². The van der Waals surface area contributed by atoms with E-state index in [-0.39, 0.29) is 12.1 Å². The van der Waals surface area contributed by atoms with Gasteiger partial charge in [-0.25, -0.2) is 27.5 Å². The number of aliphatic hydroxyl groups is 1. The number of nitrogens with one attached hydrogen (secondary N) is 1. The van der Waals surface area contributed by atoms with Gasteiger partial charge in [0.2, 0.25) is 10.0 Å². The van der Waals surface area contributed by atoms with Gasteiger partial charge in [0.1, 0.15) is 17.0 Å². The van der Waals surface area contributed by atoms with Crippen LogP contribution in [0.3, 0.4) is 0 Å². The molecule has 0 fully saturated rings. The third-order valence-electron chi connectivity index (χ3n) is 2.63. The summed E-state index contributed by atoms with van der Waals surface area (Å²) in [7, 11) is -4.07. The van der Waals surface area contributed by atoms with Crippen LogP contribution in [0.1, 0.15) is 11.3 Å². The first-order valence-corrected chi connectivity index (χ1v) is 8.05. The number of hydrogen-bond donors (Lipinski definition) is 2. The lowest BCUT2D eigenvalue weighted by atomic mass is 10.2. The summed E-state index contributed by atoms with van der Waals surface area (Å²) < 4.78 is 41.0. The largest absolute Gasteiger partial charge is 0.392 e. The van der Waals surface area contributed by atoms with Crippen LogP contribution >= 0.6 is 15.9 Å². The SMILES string of the molecule is O=S(=O)(NCc1ccncn1)c1cc(Br)cc(CO)c1F. The van der Waals surface area contributed by atoms with Crippen LogP contribution in [-0.2, 0) is 23.2 Å². The van der Waals surface area contributed by atoms with Crippen LogP contribution in [0.2, 0.25) is 0 Å². The summed E-state index contributed by atoms with van der Waals surface area (Å²) in [6.45, 7) is -0.690. The van der Waals surface area contributed by atoms with E-state index < -0.39 is 27.3 Å². The number of halogens is 2. The Bertz CT molecular complexity index is 741. The van der Waals surface area contributed by atoms with E-state index in [0.29, 0.717) is 10.2 Å². The van der Waals surface area contributed by atoms with E-state index in [1.165, 1.54) is 18.6 Å². The first-order valence-electron chi connectivity index (χ1n) is 5.77. The van der Waals surface area contributed by atoms with E-state index >= 15 is 0 Å². The van der Waals surface area contributed by atoms with Crippen molar-refractivity contribution in [3.63, 3.8) is 0 Å². The molecule has 0 radical (unpaired) electrons. The van der Waals surface area contributed by atoms with Gasteiger partial charge in [0, 0.05) is 16.2 Å². The lowest BCUT2D eigenvalue weighted by Crippen LogP contribution is -2.25. The molecule has 9 heteroatoms. The molecule has 1 aromatic carbocycles. The second kappa shape index (κ2) is 6.56. The number of rotatable bonds is 5. The Morgan fingerprint density at radius 1 is 1.38 bits per heavy atom. The minimum absolute atomic E-state index is 0.0920. The lowest BCUT2D eigenvalue weighted by Gasteiger charge is -2.10. The van der Waals surface area contributed by atoms with Crippen LogP contribution in [0.4, 0.5) is 4.39 Å². The molecule has 6 nitrogen and oxygen atoms in total. The van der Waals surface area contributed by atoms with Crippen molar-refractivity contribution in [2.75, 3.05) is 0 Å². The normalized spacial score (nSPS) is 11.6. The summed E-state index contributed by atoms with van der Waals surface area (Å²) in [6, 6.07) is 3.99. The van der Waals surface area contributed by atoms with E-state index in [2.05, 4.69) is 30.6 Å². The van der Waals surface area contributed by atoms with E-state index in [1.54, 1.807) is 6.07 Å². The fourth-order valence-corrected chi connectivity index (χ4v) is 3.40.